The van der Waals surface area contributed by atoms with Crippen LogP contribution in [0.2, 0.25) is 0 Å². The Kier molecular flexibility index (Phi) is 1.29. The van der Waals surface area contributed by atoms with E-state index in [-0.39, 0.29) is 12.1 Å². The third-order valence-electron chi connectivity index (χ3n) is 2.23. The molecule has 1 rings (SSSR count). The van der Waals surface area contributed by atoms with Crippen LogP contribution in [0.5, 0.6) is 0 Å². The van der Waals surface area contributed by atoms with E-state index >= 15 is 0 Å². The third kappa shape index (κ3) is 0.644. The number of aliphatic hydroxyl groups is 1. The number of hydrogen-bond acceptors (Lipinski definition) is 2. The molecule has 0 aromatic carbocycles. The van der Waals surface area contributed by atoms with Gasteiger partial charge in [-0.1, -0.05) is 6.92 Å². The summed E-state index contributed by atoms with van der Waals surface area (Å²) in [5.41, 5.74) is 0.0972. The Balaban J connectivity index is 2.39. The number of rotatable bonds is 2. The normalized spacial score (nSPS) is 44.6. The van der Waals surface area contributed by atoms with Gasteiger partial charge in [0.25, 0.3) is 0 Å². The van der Waals surface area contributed by atoms with Gasteiger partial charge >= 0.3 is 0 Å². The van der Waals surface area contributed by atoms with E-state index in [1.807, 2.05) is 7.05 Å². The molecule has 0 unspecified atom stereocenters. The molecule has 2 heteroatoms. The molecule has 48 valence electrons. The first-order valence-electron chi connectivity index (χ1n) is 3.05. The molecular formula is C6H13NO. The first-order chi connectivity index (χ1) is 3.75. The van der Waals surface area contributed by atoms with Crippen molar-refractivity contribution in [2.24, 2.45) is 5.92 Å². The van der Waals surface area contributed by atoms with Crippen molar-refractivity contribution in [2.75, 3.05) is 13.7 Å². The van der Waals surface area contributed by atoms with E-state index in [9.17, 15) is 0 Å². The molecule has 0 aromatic heterocycles. The lowest BCUT2D eigenvalue weighted by Gasteiger charge is -2.09. The van der Waals surface area contributed by atoms with Gasteiger partial charge < -0.3 is 10.4 Å². The summed E-state index contributed by atoms with van der Waals surface area (Å²) in [5, 5.41) is 11.9. The van der Waals surface area contributed by atoms with Gasteiger partial charge in [-0.05, 0) is 19.4 Å². The van der Waals surface area contributed by atoms with E-state index in [2.05, 4.69) is 12.2 Å². The van der Waals surface area contributed by atoms with Gasteiger partial charge in [-0.2, -0.15) is 0 Å². The van der Waals surface area contributed by atoms with Crippen molar-refractivity contribution in [3.63, 3.8) is 0 Å². The number of nitrogens with one attached hydrogen (secondary N) is 1. The van der Waals surface area contributed by atoms with E-state index in [1.54, 1.807) is 0 Å². The Morgan fingerprint density at radius 1 is 1.88 bits per heavy atom. The predicted octanol–water partition coefficient (Wildman–Crippen LogP) is -0.0233. The lowest BCUT2D eigenvalue weighted by atomic mass is 10.2. The minimum absolute atomic E-state index is 0.0972. The van der Waals surface area contributed by atoms with Crippen LogP contribution >= 0.6 is 0 Å². The highest BCUT2D eigenvalue weighted by atomic mass is 16.3. The van der Waals surface area contributed by atoms with Crippen LogP contribution in [-0.2, 0) is 0 Å². The maximum atomic E-state index is 8.76. The zero-order valence-electron chi connectivity index (χ0n) is 5.44. The highest BCUT2D eigenvalue weighted by Gasteiger charge is 2.49. The van der Waals surface area contributed by atoms with Gasteiger partial charge in [-0.25, -0.2) is 0 Å². The van der Waals surface area contributed by atoms with Gasteiger partial charge in [0.2, 0.25) is 0 Å². The zero-order chi connectivity index (χ0) is 6.20. The molecule has 0 amide bonds. The van der Waals surface area contributed by atoms with Crippen molar-refractivity contribution in [3.05, 3.63) is 0 Å². The summed E-state index contributed by atoms with van der Waals surface area (Å²) in [6.45, 7) is 2.43. The van der Waals surface area contributed by atoms with Crippen molar-refractivity contribution in [1.29, 1.82) is 0 Å². The topological polar surface area (TPSA) is 32.3 Å². The monoisotopic (exact) mass is 115 g/mol. The van der Waals surface area contributed by atoms with Crippen LogP contribution in [0.4, 0.5) is 0 Å². The Labute approximate surface area is 49.9 Å². The summed E-state index contributed by atoms with van der Waals surface area (Å²) in [5.74, 6) is 0.664. The Morgan fingerprint density at radius 2 is 2.38 bits per heavy atom. The van der Waals surface area contributed by atoms with Gasteiger partial charge in [0, 0.05) is 5.54 Å². The molecule has 1 fully saturated rings. The average molecular weight is 115 g/mol. The fourth-order valence-electron chi connectivity index (χ4n) is 1.14. The predicted molar refractivity (Wildman–Crippen MR) is 32.7 cm³/mol. The number of hydrogen-bond donors (Lipinski definition) is 2. The summed E-state index contributed by atoms with van der Waals surface area (Å²) in [4.78, 5) is 0. The molecule has 0 radical (unpaired) electrons. The average Bonchev–Trinajstić information content (AvgIpc) is 2.43. The summed E-state index contributed by atoms with van der Waals surface area (Å²) in [7, 11) is 1.90. The molecule has 8 heavy (non-hydrogen) atoms. The van der Waals surface area contributed by atoms with Gasteiger partial charge in [-0.3, -0.25) is 0 Å². The molecule has 2 N–H and O–H groups in total. The zero-order valence-corrected chi connectivity index (χ0v) is 5.44. The first-order valence-corrected chi connectivity index (χ1v) is 3.05. The van der Waals surface area contributed by atoms with E-state index < -0.39 is 0 Å². The Bertz CT molecular complexity index is 83.0. The lowest BCUT2D eigenvalue weighted by molar-refractivity contribution is 0.228. The Morgan fingerprint density at radius 3 is 2.38 bits per heavy atom. The van der Waals surface area contributed by atoms with E-state index in [4.69, 9.17) is 5.11 Å². The third-order valence-corrected chi connectivity index (χ3v) is 2.23. The van der Waals surface area contributed by atoms with Crippen molar-refractivity contribution in [3.8, 4) is 0 Å². The highest BCUT2D eigenvalue weighted by molar-refractivity contribution is 5.06. The summed E-state index contributed by atoms with van der Waals surface area (Å²) < 4.78 is 0. The highest BCUT2D eigenvalue weighted by Crippen LogP contribution is 2.41. The standard InChI is InChI=1S/C6H13NO/c1-5-3-6(5,4-8)7-2/h5,7-8H,3-4H2,1-2H3/t5-,6-/m0/s1. The maximum Gasteiger partial charge on any atom is 0.0615 e. The van der Waals surface area contributed by atoms with Crippen LogP contribution in [0.3, 0.4) is 0 Å². The van der Waals surface area contributed by atoms with Crippen LogP contribution < -0.4 is 5.32 Å². The molecule has 0 aliphatic heterocycles. The largest absolute Gasteiger partial charge is 0.394 e. The van der Waals surface area contributed by atoms with Gasteiger partial charge in [-0.15, -0.1) is 0 Å². The summed E-state index contributed by atoms with van der Waals surface area (Å²) in [6.07, 6.45) is 1.12. The molecule has 1 saturated carbocycles. The minimum atomic E-state index is 0.0972. The second kappa shape index (κ2) is 1.71. The van der Waals surface area contributed by atoms with Crippen molar-refractivity contribution < 1.29 is 5.11 Å². The molecule has 1 aliphatic rings. The fourth-order valence-corrected chi connectivity index (χ4v) is 1.14. The van der Waals surface area contributed by atoms with Crippen molar-refractivity contribution >= 4 is 0 Å². The van der Waals surface area contributed by atoms with Crippen molar-refractivity contribution in [2.45, 2.75) is 18.9 Å². The van der Waals surface area contributed by atoms with Crippen LogP contribution in [0, 0.1) is 5.92 Å². The summed E-state index contributed by atoms with van der Waals surface area (Å²) in [6, 6.07) is 0. The minimum Gasteiger partial charge on any atom is -0.394 e. The molecule has 0 aromatic rings. The van der Waals surface area contributed by atoms with Crippen LogP contribution in [-0.4, -0.2) is 24.3 Å². The van der Waals surface area contributed by atoms with Crippen LogP contribution in [0.25, 0.3) is 0 Å². The molecule has 0 heterocycles. The quantitative estimate of drug-likeness (QED) is 0.530. The molecular weight excluding hydrogens is 102 g/mol. The van der Waals surface area contributed by atoms with Crippen LogP contribution in [0.15, 0.2) is 0 Å². The van der Waals surface area contributed by atoms with Crippen molar-refractivity contribution in [1.82, 2.24) is 5.32 Å². The summed E-state index contributed by atoms with van der Waals surface area (Å²) >= 11 is 0. The molecule has 0 spiro atoms. The second-order valence-corrected chi connectivity index (χ2v) is 2.67. The number of aliphatic hydroxyl groups excluding tert-OH is 1. The lowest BCUT2D eigenvalue weighted by Crippen LogP contribution is -2.33. The molecule has 0 bridgehead atoms. The second-order valence-electron chi connectivity index (χ2n) is 2.67. The molecule has 2 nitrogen and oxygen atoms in total. The Hall–Kier alpha value is -0.0800. The fraction of sp³-hybridized carbons (Fsp3) is 1.00. The molecule has 1 aliphatic carbocycles. The molecule has 0 saturated heterocycles. The van der Waals surface area contributed by atoms with E-state index in [1.165, 1.54) is 0 Å². The van der Waals surface area contributed by atoms with E-state index in [0.29, 0.717) is 5.92 Å². The smallest absolute Gasteiger partial charge is 0.0615 e. The maximum absolute atomic E-state index is 8.76. The molecule has 2 atom stereocenters. The van der Waals surface area contributed by atoms with Gasteiger partial charge in [0.15, 0.2) is 0 Å². The van der Waals surface area contributed by atoms with E-state index in [0.717, 1.165) is 6.42 Å². The number of likely N-dealkylation sites (N-methyl/N-ethyl adjacent to an activating group) is 1. The SMILES string of the molecule is CN[C@]1(CO)C[C@@H]1C. The van der Waals surface area contributed by atoms with Gasteiger partial charge in [0.05, 0.1) is 6.61 Å². The first kappa shape index (κ1) is 6.05. The van der Waals surface area contributed by atoms with Gasteiger partial charge in [0.1, 0.15) is 0 Å². The van der Waals surface area contributed by atoms with Crippen LogP contribution in [0.1, 0.15) is 13.3 Å².